The van der Waals surface area contributed by atoms with Gasteiger partial charge in [0.1, 0.15) is 5.69 Å². The van der Waals surface area contributed by atoms with E-state index in [1.54, 1.807) is 12.3 Å². The molecular weight excluding hydrogens is 298 g/mol. The molecule has 1 aromatic rings. The maximum absolute atomic E-state index is 11.9. The molecule has 1 aliphatic heterocycles. The van der Waals surface area contributed by atoms with Gasteiger partial charge in [-0.3, -0.25) is 9.69 Å². The highest BCUT2D eigenvalue weighted by molar-refractivity contribution is 9.10. The second-order valence-corrected chi connectivity index (χ2v) is 5.43. The van der Waals surface area contributed by atoms with Crippen molar-refractivity contribution in [3.63, 3.8) is 0 Å². The van der Waals surface area contributed by atoms with Gasteiger partial charge in [-0.2, -0.15) is 0 Å². The average Bonchev–Trinajstić information content (AvgIpc) is 2.77. The number of hydrogen-bond donors (Lipinski definition) is 2. The van der Waals surface area contributed by atoms with Crippen LogP contribution in [0.25, 0.3) is 0 Å². The molecule has 0 spiro atoms. The largest absolute Gasteiger partial charge is 0.379 e. The second-order valence-electron chi connectivity index (χ2n) is 4.52. The quantitative estimate of drug-likeness (QED) is 0.878. The van der Waals surface area contributed by atoms with E-state index < -0.39 is 0 Å². The fraction of sp³-hybridized carbons (Fsp3) is 0.583. The maximum Gasteiger partial charge on any atom is 0.267 e. The fourth-order valence-electron chi connectivity index (χ4n) is 2.02. The third-order valence-corrected chi connectivity index (χ3v) is 3.36. The Morgan fingerprint density at radius 3 is 2.94 bits per heavy atom. The van der Waals surface area contributed by atoms with Crippen LogP contribution >= 0.6 is 15.9 Å². The third kappa shape index (κ3) is 3.83. The molecule has 2 rings (SSSR count). The Kier molecular flexibility index (Phi) is 4.79. The van der Waals surface area contributed by atoms with Crippen molar-refractivity contribution in [2.75, 3.05) is 32.8 Å². The van der Waals surface area contributed by atoms with E-state index in [1.165, 1.54) is 0 Å². The van der Waals surface area contributed by atoms with Crippen molar-refractivity contribution in [3.05, 3.63) is 22.4 Å². The number of aromatic nitrogens is 1. The highest BCUT2D eigenvalue weighted by atomic mass is 79.9. The van der Waals surface area contributed by atoms with Crippen LogP contribution in [-0.2, 0) is 4.74 Å². The van der Waals surface area contributed by atoms with E-state index in [1.807, 2.05) is 6.92 Å². The molecular formula is C12H18BrN3O2. The lowest BCUT2D eigenvalue weighted by molar-refractivity contribution is 0.0342. The molecule has 5 nitrogen and oxygen atoms in total. The SMILES string of the molecule is C[C@H](CN1CCOCC1)NC(=O)c1cc(Br)c[nH]1. The minimum atomic E-state index is -0.0681. The second kappa shape index (κ2) is 6.36. The van der Waals surface area contributed by atoms with Gasteiger partial charge < -0.3 is 15.0 Å². The molecule has 0 aliphatic carbocycles. The summed E-state index contributed by atoms with van der Waals surface area (Å²) in [5.74, 6) is -0.0681. The van der Waals surface area contributed by atoms with Gasteiger partial charge in [0.05, 0.1) is 13.2 Å². The van der Waals surface area contributed by atoms with Crippen LogP contribution in [0.5, 0.6) is 0 Å². The lowest BCUT2D eigenvalue weighted by Gasteiger charge is -2.29. The van der Waals surface area contributed by atoms with Gasteiger partial charge in [0.25, 0.3) is 5.91 Å². The summed E-state index contributed by atoms with van der Waals surface area (Å²) < 4.78 is 6.18. The minimum Gasteiger partial charge on any atom is -0.379 e. The standard InChI is InChI=1S/C12H18BrN3O2/c1-9(8-16-2-4-18-5-3-16)15-12(17)11-6-10(13)7-14-11/h6-7,9,14H,2-5,8H2,1H3,(H,15,17)/t9-/m1/s1. The van der Waals surface area contributed by atoms with Crippen molar-refractivity contribution in [2.45, 2.75) is 13.0 Å². The number of rotatable bonds is 4. The lowest BCUT2D eigenvalue weighted by Crippen LogP contribution is -2.46. The number of carbonyl (C=O) groups is 1. The molecule has 1 fully saturated rings. The number of carbonyl (C=O) groups excluding carboxylic acids is 1. The molecule has 1 aromatic heterocycles. The Morgan fingerprint density at radius 2 is 2.33 bits per heavy atom. The third-order valence-electron chi connectivity index (χ3n) is 2.91. The molecule has 1 amide bonds. The van der Waals surface area contributed by atoms with Crippen molar-refractivity contribution in [2.24, 2.45) is 0 Å². The topological polar surface area (TPSA) is 57.4 Å². The van der Waals surface area contributed by atoms with Crippen molar-refractivity contribution in [1.82, 2.24) is 15.2 Å². The Labute approximate surface area is 115 Å². The van der Waals surface area contributed by atoms with Crippen molar-refractivity contribution >= 4 is 21.8 Å². The molecule has 1 atom stereocenters. The first kappa shape index (κ1) is 13.6. The number of aromatic amines is 1. The summed E-state index contributed by atoms with van der Waals surface area (Å²) in [5, 5.41) is 2.98. The van der Waals surface area contributed by atoms with E-state index in [9.17, 15) is 4.79 Å². The molecule has 2 N–H and O–H groups in total. The van der Waals surface area contributed by atoms with Gasteiger partial charge in [0.2, 0.25) is 0 Å². The summed E-state index contributed by atoms with van der Waals surface area (Å²) in [6, 6.07) is 1.90. The summed E-state index contributed by atoms with van der Waals surface area (Å²) in [7, 11) is 0. The smallest absolute Gasteiger partial charge is 0.267 e. The first-order valence-electron chi connectivity index (χ1n) is 6.10. The minimum absolute atomic E-state index is 0.0681. The highest BCUT2D eigenvalue weighted by Crippen LogP contribution is 2.10. The molecule has 0 bridgehead atoms. The molecule has 18 heavy (non-hydrogen) atoms. The van der Waals surface area contributed by atoms with E-state index in [2.05, 4.69) is 31.1 Å². The Morgan fingerprint density at radius 1 is 1.61 bits per heavy atom. The van der Waals surface area contributed by atoms with E-state index in [0.717, 1.165) is 37.3 Å². The average molecular weight is 316 g/mol. The Hall–Kier alpha value is -0.850. The molecule has 0 radical (unpaired) electrons. The maximum atomic E-state index is 11.9. The molecule has 0 aromatic carbocycles. The normalized spacial score (nSPS) is 18.6. The van der Waals surface area contributed by atoms with Crippen molar-refractivity contribution in [3.8, 4) is 0 Å². The monoisotopic (exact) mass is 315 g/mol. The van der Waals surface area contributed by atoms with Gasteiger partial charge in [-0.1, -0.05) is 0 Å². The molecule has 2 heterocycles. The molecule has 1 aliphatic rings. The van der Waals surface area contributed by atoms with Gasteiger partial charge in [-0.25, -0.2) is 0 Å². The highest BCUT2D eigenvalue weighted by Gasteiger charge is 2.16. The fourth-order valence-corrected chi connectivity index (χ4v) is 2.36. The van der Waals surface area contributed by atoms with Gasteiger partial charge in [0.15, 0.2) is 0 Å². The summed E-state index contributed by atoms with van der Waals surface area (Å²) in [6.45, 7) is 6.32. The Bertz CT molecular complexity index is 402. The van der Waals surface area contributed by atoms with E-state index >= 15 is 0 Å². The number of hydrogen-bond acceptors (Lipinski definition) is 3. The van der Waals surface area contributed by atoms with Gasteiger partial charge >= 0.3 is 0 Å². The molecule has 0 unspecified atom stereocenters. The zero-order valence-electron chi connectivity index (χ0n) is 10.4. The number of H-pyrrole nitrogens is 1. The molecule has 6 heteroatoms. The van der Waals surface area contributed by atoms with E-state index in [4.69, 9.17) is 4.74 Å². The number of ether oxygens (including phenoxy) is 1. The molecule has 0 saturated carbocycles. The zero-order valence-corrected chi connectivity index (χ0v) is 12.0. The number of nitrogens with one attached hydrogen (secondary N) is 2. The number of amides is 1. The van der Waals surface area contributed by atoms with Crippen molar-refractivity contribution < 1.29 is 9.53 Å². The molecule has 100 valence electrons. The van der Waals surface area contributed by atoms with Crippen molar-refractivity contribution in [1.29, 1.82) is 0 Å². The summed E-state index contributed by atoms with van der Waals surface area (Å²) in [5.41, 5.74) is 0.579. The van der Waals surface area contributed by atoms with Crippen LogP contribution in [-0.4, -0.2) is 54.7 Å². The van der Waals surface area contributed by atoms with Gasteiger partial charge in [-0.05, 0) is 28.9 Å². The molecule has 1 saturated heterocycles. The van der Waals surface area contributed by atoms with Gasteiger partial charge in [0, 0.05) is 36.3 Å². The van der Waals surface area contributed by atoms with Crippen LogP contribution < -0.4 is 5.32 Å². The van der Waals surface area contributed by atoms with Gasteiger partial charge in [-0.15, -0.1) is 0 Å². The van der Waals surface area contributed by atoms with Crippen LogP contribution in [0, 0.1) is 0 Å². The summed E-state index contributed by atoms with van der Waals surface area (Å²) in [4.78, 5) is 17.1. The van der Waals surface area contributed by atoms with Crippen LogP contribution in [0.15, 0.2) is 16.7 Å². The van der Waals surface area contributed by atoms with Crippen LogP contribution in [0.4, 0.5) is 0 Å². The zero-order chi connectivity index (χ0) is 13.0. The predicted molar refractivity (Wildman–Crippen MR) is 72.7 cm³/mol. The number of halogens is 1. The Balaban J connectivity index is 1.79. The summed E-state index contributed by atoms with van der Waals surface area (Å²) in [6.07, 6.45) is 1.75. The number of nitrogens with zero attached hydrogens (tertiary/aromatic N) is 1. The van der Waals surface area contributed by atoms with E-state index in [0.29, 0.717) is 5.69 Å². The number of morpholine rings is 1. The lowest BCUT2D eigenvalue weighted by atomic mass is 10.2. The first-order valence-corrected chi connectivity index (χ1v) is 6.89. The van der Waals surface area contributed by atoms with E-state index in [-0.39, 0.29) is 11.9 Å². The van der Waals surface area contributed by atoms with Crippen LogP contribution in [0.1, 0.15) is 17.4 Å². The van der Waals surface area contributed by atoms with Crippen LogP contribution in [0.2, 0.25) is 0 Å². The van der Waals surface area contributed by atoms with Crippen LogP contribution in [0.3, 0.4) is 0 Å². The first-order chi connectivity index (χ1) is 8.65. The predicted octanol–water partition coefficient (Wildman–Crippen LogP) is 1.23. The summed E-state index contributed by atoms with van der Waals surface area (Å²) >= 11 is 3.31.